The minimum atomic E-state index is -1.10. The van der Waals surface area contributed by atoms with Crippen LogP contribution in [0.2, 0.25) is 0 Å². The second-order valence-electron chi connectivity index (χ2n) is 5.59. The van der Waals surface area contributed by atoms with Crippen molar-refractivity contribution in [3.8, 4) is 0 Å². The van der Waals surface area contributed by atoms with E-state index in [1.54, 1.807) is 6.92 Å². The van der Waals surface area contributed by atoms with Crippen molar-refractivity contribution in [1.29, 1.82) is 0 Å². The Kier molecular flexibility index (Phi) is 7.21. The molecule has 2 N–H and O–H groups in total. The molecule has 1 fully saturated rings. The van der Waals surface area contributed by atoms with Crippen molar-refractivity contribution < 1.29 is 33.3 Å². The molecule has 0 spiro atoms. The largest absolute Gasteiger partial charge is 0.463 e. The minimum Gasteiger partial charge on any atom is -0.463 e. The van der Waals surface area contributed by atoms with Crippen LogP contribution in [0.25, 0.3) is 0 Å². The van der Waals surface area contributed by atoms with E-state index in [4.69, 9.17) is 29.4 Å². The molecule has 0 amide bonds. The zero-order valence-corrected chi connectivity index (χ0v) is 15.2. The minimum absolute atomic E-state index is 0.112. The third-order valence-corrected chi connectivity index (χ3v) is 3.61. The molecule has 0 aliphatic carbocycles. The average molecular weight is 386 g/mol. The van der Waals surface area contributed by atoms with E-state index in [1.165, 1.54) is 13.8 Å². The van der Waals surface area contributed by atoms with E-state index in [0.717, 1.165) is 10.9 Å². The molecule has 1 saturated heterocycles. The molecule has 1 aromatic rings. The summed E-state index contributed by atoms with van der Waals surface area (Å²) in [4.78, 5) is 42.2. The molecule has 27 heavy (non-hydrogen) atoms. The lowest BCUT2D eigenvalue weighted by Gasteiger charge is -2.24. The van der Waals surface area contributed by atoms with Crippen LogP contribution in [0.15, 0.2) is 11.1 Å². The number of aromatic nitrogens is 3. The van der Waals surface area contributed by atoms with Crippen molar-refractivity contribution in [2.24, 2.45) is 0 Å². The van der Waals surface area contributed by atoms with Crippen molar-refractivity contribution >= 4 is 17.9 Å². The van der Waals surface area contributed by atoms with Gasteiger partial charge in [0.05, 0.1) is 0 Å². The molecular weight excluding hydrogens is 364 g/mol. The van der Waals surface area contributed by atoms with Crippen LogP contribution >= 0.6 is 0 Å². The molecule has 1 aliphatic rings. The number of rotatable bonds is 8. The molecule has 0 bridgehead atoms. The Bertz CT molecular complexity index is 724. The zero-order chi connectivity index (χ0) is 20.0. The maximum atomic E-state index is 12.2. The van der Waals surface area contributed by atoms with Crippen LogP contribution in [0.1, 0.15) is 27.0 Å². The molecule has 1 aromatic heterocycles. The van der Waals surface area contributed by atoms with Crippen molar-refractivity contribution in [3.63, 3.8) is 0 Å². The summed E-state index contributed by atoms with van der Waals surface area (Å²) in [6, 6.07) is 0. The molecule has 2 rings (SSSR count). The number of nitrogens with two attached hydrogens (primary N) is 1. The first-order chi connectivity index (χ1) is 12.8. The molecule has 4 atom stereocenters. The highest BCUT2D eigenvalue weighted by atomic mass is 16.7. The molecule has 150 valence electrons. The number of esters is 2. The van der Waals surface area contributed by atoms with E-state index in [2.05, 4.69) is 9.97 Å². The van der Waals surface area contributed by atoms with E-state index in [0.29, 0.717) is 6.61 Å². The number of hydrogen-bond donors (Lipinski definition) is 1. The summed E-state index contributed by atoms with van der Waals surface area (Å²) in [5, 5.41) is 0. The Hall–Kier alpha value is -2.57. The predicted molar refractivity (Wildman–Crippen MR) is 88.2 cm³/mol. The number of hydrogen-bond acceptors (Lipinski definition) is 11. The van der Waals surface area contributed by atoms with Gasteiger partial charge in [-0.05, 0) is 6.92 Å². The third-order valence-electron chi connectivity index (χ3n) is 3.61. The average Bonchev–Trinajstić information content (AvgIpc) is 2.90. The monoisotopic (exact) mass is 386 g/mol. The number of carbonyl (C=O) groups excluding carboxylic acids is 2. The molecule has 1 aliphatic heterocycles. The van der Waals surface area contributed by atoms with Crippen molar-refractivity contribution in [1.82, 2.24) is 14.5 Å². The summed E-state index contributed by atoms with van der Waals surface area (Å²) in [7, 11) is 0. The number of nitrogen functional groups attached to an aromatic ring is 1. The van der Waals surface area contributed by atoms with Gasteiger partial charge in [0.25, 0.3) is 0 Å². The predicted octanol–water partition coefficient (Wildman–Crippen LogP) is -1.01. The standard InChI is InChI=1S/C15H22N4O8/c1-4-23-7-25-11-10(5-24-8(2)20)27-13(12(11)26-9(3)21)19-6-17-14(16)18-15(19)22/h6,10-13H,4-5,7H2,1-3H3,(H2,16,18,22)/t10-,11?,12?,13-/m1/s1. The number of carbonyl (C=O) groups is 2. The molecule has 2 heterocycles. The van der Waals surface area contributed by atoms with Crippen LogP contribution < -0.4 is 11.4 Å². The van der Waals surface area contributed by atoms with E-state index in [-0.39, 0.29) is 19.3 Å². The first kappa shape index (κ1) is 20.7. The fraction of sp³-hybridized carbons (Fsp3) is 0.667. The lowest BCUT2D eigenvalue weighted by molar-refractivity contribution is -0.167. The highest BCUT2D eigenvalue weighted by molar-refractivity contribution is 5.66. The molecule has 12 nitrogen and oxygen atoms in total. The highest BCUT2D eigenvalue weighted by Crippen LogP contribution is 2.33. The Labute approximate surface area is 154 Å². The first-order valence-corrected chi connectivity index (χ1v) is 8.19. The van der Waals surface area contributed by atoms with Gasteiger partial charge in [-0.1, -0.05) is 0 Å². The van der Waals surface area contributed by atoms with Crippen molar-refractivity contribution in [2.45, 2.75) is 45.3 Å². The second kappa shape index (κ2) is 9.39. The smallest absolute Gasteiger partial charge is 0.354 e. The number of ether oxygens (including phenoxy) is 5. The summed E-state index contributed by atoms with van der Waals surface area (Å²) >= 11 is 0. The Morgan fingerprint density at radius 2 is 2.04 bits per heavy atom. The van der Waals surface area contributed by atoms with Gasteiger partial charge >= 0.3 is 17.6 Å². The van der Waals surface area contributed by atoms with Crippen molar-refractivity contribution in [3.05, 3.63) is 16.8 Å². The van der Waals surface area contributed by atoms with E-state index >= 15 is 0 Å². The molecule has 0 aromatic carbocycles. The van der Waals surface area contributed by atoms with E-state index in [9.17, 15) is 14.4 Å². The molecule has 2 unspecified atom stereocenters. The normalized spacial score (nSPS) is 24.6. The van der Waals surface area contributed by atoms with Gasteiger partial charge < -0.3 is 29.4 Å². The van der Waals surface area contributed by atoms with Gasteiger partial charge in [0, 0.05) is 20.5 Å². The maximum absolute atomic E-state index is 12.2. The van der Waals surface area contributed by atoms with Crippen LogP contribution in [0.5, 0.6) is 0 Å². The topological polar surface area (TPSA) is 154 Å². The third kappa shape index (κ3) is 5.45. The molecule has 0 saturated carbocycles. The van der Waals surface area contributed by atoms with Crippen molar-refractivity contribution in [2.75, 3.05) is 25.7 Å². The van der Waals surface area contributed by atoms with E-state index in [1.807, 2.05) is 0 Å². The van der Waals surface area contributed by atoms with Crippen LogP contribution in [0.4, 0.5) is 5.95 Å². The number of anilines is 1. The summed E-state index contributed by atoms with van der Waals surface area (Å²) < 4.78 is 27.9. The van der Waals surface area contributed by atoms with Gasteiger partial charge in [0.1, 0.15) is 31.9 Å². The van der Waals surface area contributed by atoms with Crippen LogP contribution in [0.3, 0.4) is 0 Å². The fourth-order valence-electron chi connectivity index (χ4n) is 2.52. The van der Waals surface area contributed by atoms with Crippen LogP contribution in [-0.2, 0) is 33.3 Å². The zero-order valence-electron chi connectivity index (χ0n) is 15.2. The number of nitrogens with zero attached hydrogens (tertiary/aromatic N) is 3. The van der Waals surface area contributed by atoms with Gasteiger partial charge in [-0.2, -0.15) is 4.98 Å². The Morgan fingerprint density at radius 1 is 1.30 bits per heavy atom. The highest BCUT2D eigenvalue weighted by Gasteiger charge is 2.49. The second-order valence-corrected chi connectivity index (χ2v) is 5.59. The maximum Gasteiger partial charge on any atom is 0.354 e. The molecule has 0 radical (unpaired) electrons. The van der Waals surface area contributed by atoms with Gasteiger partial charge in [-0.15, -0.1) is 0 Å². The van der Waals surface area contributed by atoms with Gasteiger partial charge in [0.15, 0.2) is 12.3 Å². The van der Waals surface area contributed by atoms with Crippen LogP contribution in [0, 0.1) is 0 Å². The van der Waals surface area contributed by atoms with Gasteiger partial charge in [0.2, 0.25) is 5.95 Å². The summed E-state index contributed by atoms with van der Waals surface area (Å²) in [5.74, 6) is -1.35. The fourth-order valence-corrected chi connectivity index (χ4v) is 2.52. The van der Waals surface area contributed by atoms with Gasteiger partial charge in [-0.25, -0.2) is 9.78 Å². The lowest BCUT2D eigenvalue weighted by Crippen LogP contribution is -2.41. The SMILES string of the molecule is CCOCOC1C(OC(C)=O)[C@H](n2cnc(N)nc2=O)O[C@@H]1COC(C)=O. The Balaban J connectivity index is 2.33. The Morgan fingerprint density at radius 3 is 2.63 bits per heavy atom. The quantitative estimate of drug-likeness (QED) is 0.332. The first-order valence-electron chi connectivity index (χ1n) is 8.19. The summed E-state index contributed by atoms with van der Waals surface area (Å²) in [5.41, 5.74) is 4.65. The van der Waals surface area contributed by atoms with Gasteiger partial charge in [-0.3, -0.25) is 14.2 Å². The molecule has 12 heteroatoms. The summed E-state index contributed by atoms with van der Waals surface area (Å²) in [6.45, 7) is 4.34. The molecular formula is C15H22N4O8. The van der Waals surface area contributed by atoms with Crippen LogP contribution in [-0.4, -0.2) is 64.8 Å². The van der Waals surface area contributed by atoms with E-state index < -0.39 is 42.2 Å². The lowest BCUT2D eigenvalue weighted by atomic mass is 10.1. The summed E-state index contributed by atoms with van der Waals surface area (Å²) in [6.07, 6.45) is -2.70.